The standard InChI is InChI=1S/C20H33N3/c1-17-9-10-20(21-16-17)22-19-11-14-23(15-12-19)13-5-8-18-6-3-2-4-7-18/h9-10,16,18-19H,2-8,11-15H2,1H3,(H,21,22). The number of aryl methyl sites for hydroxylation is 1. The minimum atomic E-state index is 0.597. The van der Waals surface area contributed by atoms with Crippen LogP contribution in [0.1, 0.15) is 63.4 Å². The number of piperidine rings is 1. The van der Waals surface area contributed by atoms with E-state index in [-0.39, 0.29) is 0 Å². The summed E-state index contributed by atoms with van der Waals surface area (Å²) in [5, 5.41) is 3.60. The van der Waals surface area contributed by atoms with Crippen LogP contribution in [0.4, 0.5) is 5.82 Å². The van der Waals surface area contributed by atoms with Gasteiger partial charge in [-0.3, -0.25) is 0 Å². The lowest BCUT2D eigenvalue weighted by Gasteiger charge is -2.33. The van der Waals surface area contributed by atoms with Crippen LogP contribution in [0.25, 0.3) is 0 Å². The number of likely N-dealkylation sites (tertiary alicyclic amines) is 1. The van der Waals surface area contributed by atoms with Crippen LogP contribution >= 0.6 is 0 Å². The van der Waals surface area contributed by atoms with Crippen molar-refractivity contribution >= 4 is 5.82 Å². The fraction of sp³-hybridized carbons (Fsp3) is 0.750. The number of anilines is 1. The average molecular weight is 316 g/mol. The molecule has 1 aromatic rings. The van der Waals surface area contributed by atoms with Crippen LogP contribution in [-0.2, 0) is 0 Å². The Morgan fingerprint density at radius 2 is 1.87 bits per heavy atom. The first-order valence-corrected chi connectivity index (χ1v) is 9.71. The zero-order valence-electron chi connectivity index (χ0n) is 14.8. The van der Waals surface area contributed by atoms with E-state index >= 15 is 0 Å². The van der Waals surface area contributed by atoms with E-state index < -0.39 is 0 Å². The van der Waals surface area contributed by atoms with Crippen molar-refractivity contribution in [1.82, 2.24) is 9.88 Å². The lowest BCUT2D eigenvalue weighted by atomic mass is 9.86. The summed E-state index contributed by atoms with van der Waals surface area (Å²) in [4.78, 5) is 7.14. The molecule has 2 fully saturated rings. The zero-order chi connectivity index (χ0) is 15.9. The van der Waals surface area contributed by atoms with E-state index in [0.29, 0.717) is 6.04 Å². The lowest BCUT2D eigenvalue weighted by molar-refractivity contribution is 0.206. The molecule has 128 valence electrons. The van der Waals surface area contributed by atoms with E-state index in [9.17, 15) is 0 Å². The summed E-state index contributed by atoms with van der Waals surface area (Å²) >= 11 is 0. The number of nitrogens with one attached hydrogen (secondary N) is 1. The number of hydrogen-bond acceptors (Lipinski definition) is 3. The molecule has 3 nitrogen and oxygen atoms in total. The molecule has 0 spiro atoms. The fourth-order valence-electron chi connectivity index (χ4n) is 4.14. The summed E-state index contributed by atoms with van der Waals surface area (Å²) in [5.74, 6) is 2.07. The number of rotatable bonds is 6. The predicted molar refractivity (Wildman–Crippen MR) is 97.9 cm³/mol. The third-order valence-electron chi connectivity index (χ3n) is 5.66. The van der Waals surface area contributed by atoms with Gasteiger partial charge in [0.25, 0.3) is 0 Å². The van der Waals surface area contributed by atoms with Crippen molar-refractivity contribution in [2.75, 3.05) is 25.0 Å². The Balaban J connectivity index is 1.31. The van der Waals surface area contributed by atoms with Gasteiger partial charge in [0.2, 0.25) is 0 Å². The van der Waals surface area contributed by atoms with E-state index in [1.165, 1.54) is 83.0 Å². The molecule has 0 aromatic carbocycles. The summed E-state index contributed by atoms with van der Waals surface area (Å²) in [5.41, 5.74) is 1.23. The van der Waals surface area contributed by atoms with Gasteiger partial charge >= 0.3 is 0 Å². The second kappa shape index (κ2) is 8.68. The molecule has 0 amide bonds. The SMILES string of the molecule is Cc1ccc(NC2CCN(CCCC3CCCCC3)CC2)nc1. The Morgan fingerprint density at radius 1 is 1.09 bits per heavy atom. The van der Waals surface area contributed by atoms with Crippen molar-refractivity contribution in [3.63, 3.8) is 0 Å². The van der Waals surface area contributed by atoms with E-state index in [2.05, 4.69) is 34.3 Å². The highest BCUT2D eigenvalue weighted by Gasteiger charge is 2.19. The molecule has 1 saturated heterocycles. The van der Waals surface area contributed by atoms with Crippen LogP contribution in [-0.4, -0.2) is 35.6 Å². The molecule has 23 heavy (non-hydrogen) atoms. The van der Waals surface area contributed by atoms with Gasteiger partial charge in [-0.15, -0.1) is 0 Å². The highest BCUT2D eigenvalue weighted by atomic mass is 15.1. The van der Waals surface area contributed by atoms with Gasteiger partial charge in [0.15, 0.2) is 0 Å². The van der Waals surface area contributed by atoms with Gasteiger partial charge in [0, 0.05) is 25.3 Å². The maximum Gasteiger partial charge on any atom is 0.126 e. The van der Waals surface area contributed by atoms with Gasteiger partial charge in [0.1, 0.15) is 5.82 Å². The van der Waals surface area contributed by atoms with Crippen molar-refractivity contribution in [3.8, 4) is 0 Å². The molecular weight excluding hydrogens is 282 g/mol. The van der Waals surface area contributed by atoms with E-state index in [4.69, 9.17) is 0 Å². The van der Waals surface area contributed by atoms with Crippen molar-refractivity contribution in [3.05, 3.63) is 23.9 Å². The molecule has 0 radical (unpaired) electrons. The van der Waals surface area contributed by atoms with Crippen LogP contribution in [0, 0.1) is 12.8 Å². The quantitative estimate of drug-likeness (QED) is 0.830. The molecule has 1 aliphatic carbocycles. The molecule has 1 N–H and O–H groups in total. The summed E-state index contributed by atoms with van der Waals surface area (Å²) in [6.45, 7) is 5.89. The van der Waals surface area contributed by atoms with Gasteiger partial charge in [-0.1, -0.05) is 38.2 Å². The van der Waals surface area contributed by atoms with Crippen LogP contribution in [0.15, 0.2) is 18.3 Å². The molecular formula is C20H33N3. The third-order valence-corrected chi connectivity index (χ3v) is 5.66. The van der Waals surface area contributed by atoms with Crippen LogP contribution < -0.4 is 5.32 Å². The Kier molecular flexibility index (Phi) is 6.32. The molecule has 0 unspecified atom stereocenters. The van der Waals surface area contributed by atoms with Crippen molar-refractivity contribution in [1.29, 1.82) is 0 Å². The monoisotopic (exact) mass is 315 g/mol. The van der Waals surface area contributed by atoms with Crippen molar-refractivity contribution in [2.45, 2.75) is 70.8 Å². The smallest absolute Gasteiger partial charge is 0.126 e. The highest BCUT2D eigenvalue weighted by Crippen LogP contribution is 2.27. The average Bonchev–Trinajstić information content (AvgIpc) is 2.59. The second-order valence-corrected chi connectivity index (χ2v) is 7.63. The van der Waals surface area contributed by atoms with Gasteiger partial charge in [-0.05, 0) is 56.7 Å². The minimum Gasteiger partial charge on any atom is -0.367 e. The van der Waals surface area contributed by atoms with Crippen LogP contribution in [0.2, 0.25) is 0 Å². The minimum absolute atomic E-state index is 0.597. The summed E-state index contributed by atoms with van der Waals surface area (Å²) in [6.07, 6.45) is 14.7. The summed E-state index contributed by atoms with van der Waals surface area (Å²) in [6, 6.07) is 4.83. The number of hydrogen-bond donors (Lipinski definition) is 1. The van der Waals surface area contributed by atoms with Crippen molar-refractivity contribution in [2.24, 2.45) is 5.92 Å². The topological polar surface area (TPSA) is 28.2 Å². The van der Waals surface area contributed by atoms with E-state index in [1.807, 2.05) is 6.20 Å². The summed E-state index contributed by atoms with van der Waals surface area (Å²) in [7, 11) is 0. The largest absolute Gasteiger partial charge is 0.367 e. The third kappa shape index (κ3) is 5.49. The van der Waals surface area contributed by atoms with Crippen LogP contribution in [0.3, 0.4) is 0 Å². The molecule has 3 heteroatoms. The first kappa shape index (κ1) is 16.8. The first-order chi connectivity index (χ1) is 11.3. The fourth-order valence-corrected chi connectivity index (χ4v) is 4.14. The molecule has 1 aromatic heterocycles. The van der Waals surface area contributed by atoms with Crippen molar-refractivity contribution < 1.29 is 0 Å². The molecule has 0 bridgehead atoms. The van der Waals surface area contributed by atoms with Gasteiger partial charge in [-0.25, -0.2) is 4.98 Å². The van der Waals surface area contributed by atoms with Gasteiger partial charge in [0.05, 0.1) is 0 Å². The Bertz CT molecular complexity index is 442. The zero-order valence-corrected chi connectivity index (χ0v) is 14.8. The number of nitrogens with zero attached hydrogens (tertiary/aromatic N) is 2. The highest BCUT2D eigenvalue weighted by molar-refractivity contribution is 5.36. The molecule has 0 atom stereocenters. The molecule has 2 aliphatic rings. The Labute approximate surface area is 141 Å². The maximum absolute atomic E-state index is 4.47. The number of pyridine rings is 1. The number of aromatic nitrogens is 1. The van der Waals surface area contributed by atoms with Gasteiger partial charge < -0.3 is 10.2 Å². The van der Waals surface area contributed by atoms with Crippen LogP contribution in [0.5, 0.6) is 0 Å². The first-order valence-electron chi connectivity index (χ1n) is 9.71. The second-order valence-electron chi connectivity index (χ2n) is 7.63. The maximum atomic E-state index is 4.47. The normalized spacial score (nSPS) is 21.4. The molecule has 1 saturated carbocycles. The Morgan fingerprint density at radius 3 is 2.57 bits per heavy atom. The summed E-state index contributed by atoms with van der Waals surface area (Å²) < 4.78 is 0. The molecule has 3 rings (SSSR count). The molecule has 1 aliphatic heterocycles. The van der Waals surface area contributed by atoms with E-state index in [0.717, 1.165) is 11.7 Å². The lowest BCUT2D eigenvalue weighted by Crippen LogP contribution is -2.39. The molecule has 2 heterocycles. The predicted octanol–water partition coefficient (Wildman–Crippen LogP) is 4.63. The van der Waals surface area contributed by atoms with E-state index in [1.54, 1.807) is 0 Å². The van der Waals surface area contributed by atoms with Gasteiger partial charge in [-0.2, -0.15) is 0 Å². The Hall–Kier alpha value is -1.09.